The first kappa shape index (κ1) is 17.0. The summed E-state index contributed by atoms with van der Waals surface area (Å²) in [6.45, 7) is 2.07. The second kappa shape index (κ2) is 6.95. The van der Waals surface area contributed by atoms with Gasteiger partial charge in [0.15, 0.2) is 0 Å². The molecule has 1 heterocycles. The number of anilines is 1. The third-order valence-corrected chi connectivity index (χ3v) is 4.72. The minimum atomic E-state index is -0.428. The number of nitrogens with one attached hydrogen (secondary N) is 1. The number of hydrogen-bond donors (Lipinski definition) is 1. The van der Waals surface area contributed by atoms with Crippen LogP contribution in [0.3, 0.4) is 0 Å². The molecule has 0 bridgehead atoms. The van der Waals surface area contributed by atoms with Gasteiger partial charge in [-0.25, -0.2) is 14.8 Å². The first-order valence-corrected chi connectivity index (χ1v) is 8.52. The Labute approximate surface area is 150 Å². The zero-order valence-electron chi connectivity index (χ0n) is 13.2. The van der Waals surface area contributed by atoms with Crippen molar-refractivity contribution in [2.75, 3.05) is 11.9 Å². The van der Waals surface area contributed by atoms with Crippen molar-refractivity contribution in [1.29, 1.82) is 0 Å². The van der Waals surface area contributed by atoms with Crippen LogP contribution in [-0.2, 0) is 10.3 Å². The Bertz CT molecular complexity index is 746. The second-order valence-electron chi connectivity index (χ2n) is 5.70. The molecule has 3 rings (SSSR count). The van der Waals surface area contributed by atoms with Crippen LogP contribution >= 0.6 is 23.2 Å². The van der Waals surface area contributed by atoms with Gasteiger partial charge in [0.2, 0.25) is 5.95 Å². The summed E-state index contributed by atoms with van der Waals surface area (Å²) >= 11 is 12.4. The Morgan fingerprint density at radius 2 is 2.00 bits per heavy atom. The molecule has 1 aromatic heterocycles. The number of rotatable bonds is 5. The van der Waals surface area contributed by atoms with Gasteiger partial charge < -0.3 is 10.1 Å². The molecule has 1 N–H and O–H groups in total. The number of esters is 1. The van der Waals surface area contributed by atoms with Crippen molar-refractivity contribution < 1.29 is 9.53 Å². The maximum absolute atomic E-state index is 11.7. The van der Waals surface area contributed by atoms with Gasteiger partial charge in [-0.2, -0.15) is 0 Å². The summed E-state index contributed by atoms with van der Waals surface area (Å²) in [5.41, 5.74) is 1.01. The molecule has 2 aromatic rings. The molecule has 0 aliphatic heterocycles. The number of carbonyl (C=O) groups is 1. The van der Waals surface area contributed by atoms with Gasteiger partial charge in [-0.15, -0.1) is 0 Å². The molecular weight excluding hydrogens is 349 g/mol. The van der Waals surface area contributed by atoms with E-state index in [9.17, 15) is 4.79 Å². The van der Waals surface area contributed by atoms with Gasteiger partial charge in [0.25, 0.3) is 0 Å². The molecule has 126 valence electrons. The van der Waals surface area contributed by atoms with Crippen LogP contribution in [-0.4, -0.2) is 22.5 Å². The van der Waals surface area contributed by atoms with Crippen molar-refractivity contribution >= 4 is 35.1 Å². The van der Waals surface area contributed by atoms with Crippen LogP contribution in [0.2, 0.25) is 10.0 Å². The molecule has 0 atom stereocenters. The molecule has 1 aliphatic rings. The summed E-state index contributed by atoms with van der Waals surface area (Å²) in [6, 6.07) is 5.50. The fourth-order valence-electron chi connectivity index (χ4n) is 2.80. The zero-order chi connectivity index (χ0) is 17.2. The number of halogens is 2. The van der Waals surface area contributed by atoms with Gasteiger partial charge in [0.05, 0.1) is 17.7 Å². The molecule has 1 saturated carbocycles. The number of ether oxygens (including phenoxy) is 1. The topological polar surface area (TPSA) is 64.1 Å². The molecular formula is C17H17Cl2N3O2. The average Bonchev–Trinajstić information content (AvgIpc) is 2.52. The highest BCUT2D eigenvalue weighted by Gasteiger charge is 2.40. The highest BCUT2D eigenvalue weighted by molar-refractivity contribution is 6.35. The quantitative estimate of drug-likeness (QED) is 0.792. The minimum absolute atomic E-state index is 0.298. The van der Waals surface area contributed by atoms with E-state index in [-0.39, 0.29) is 5.54 Å². The summed E-state index contributed by atoms with van der Waals surface area (Å²) in [5, 5.41) is 4.59. The minimum Gasteiger partial charge on any atom is -0.462 e. The molecule has 0 amide bonds. The van der Waals surface area contributed by atoms with Crippen LogP contribution in [0.1, 0.15) is 42.1 Å². The molecule has 1 fully saturated rings. The average molecular weight is 366 g/mol. The van der Waals surface area contributed by atoms with Crippen LogP contribution in [0.5, 0.6) is 0 Å². The standard InChI is InChI=1S/C17H17Cl2N3O2/c1-2-24-15(23)11-9-20-16(21-10-11)22-17(6-3-7-17)13-5-4-12(18)8-14(13)19/h4-5,8-10H,2-3,6-7H2,1H3,(H,20,21,22). The van der Waals surface area contributed by atoms with Gasteiger partial charge in [-0.05, 0) is 43.9 Å². The van der Waals surface area contributed by atoms with E-state index in [2.05, 4.69) is 15.3 Å². The maximum Gasteiger partial charge on any atom is 0.341 e. The third-order valence-electron chi connectivity index (χ3n) is 4.17. The van der Waals surface area contributed by atoms with Crippen molar-refractivity contribution in [3.8, 4) is 0 Å². The first-order valence-electron chi connectivity index (χ1n) is 7.77. The van der Waals surface area contributed by atoms with Crippen molar-refractivity contribution in [1.82, 2.24) is 9.97 Å². The third kappa shape index (κ3) is 3.32. The van der Waals surface area contributed by atoms with Crippen molar-refractivity contribution in [2.45, 2.75) is 31.7 Å². The summed E-state index contributed by atoms with van der Waals surface area (Å²) in [5.74, 6) is 0.0249. The lowest BCUT2D eigenvalue weighted by Gasteiger charge is -2.43. The molecule has 7 heteroatoms. The normalized spacial score (nSPS) is 15.5. The highest BCUT2D eigenvalue weighted by Crippen LogP contribution is 2.46. The molecule has 0 unspecified atom stereocenters. The van der Waals surface area contributed by atoms with Crippen LogP contribution in [0.15, 0.2) is 30.6 Å². The van der Waals surface area contributed by atoms with Gasteiger partial charge in [0, 0.05) is 22.4 Å². The lowest BCUT2D eigenvalue weighted by atomic mass is 9.72. The Balaban J connectivity index is 1.81. The number of aromatic nitrogens is 2. The van der Waals surface area contributed by atoms with E-state index in [4.69, 9.17) is 27.9 Å². The summed E-state index contributed by atoms with van der Waals surface area (Å²) < 4.78 is 4.93. The SMILES string of the molecule is CCOC(=O)c1cnc(NC2(c3ccc(Cl)cc3Cl)CCC2)nc1. The van der Waals surface area contributed by atoms with E-state index in [0.717, 1.165) is 24.8 Å². The smallest absolute Gasteiger partial charge is 0.341 e. The monoisotopic (exact) mass is 365 g/mol. The highest BCUT2D eigenvalue weighted by atomic mass is 35.5. The zero-order valence-corrected chi connectivity index (χ0v) is 14.7. The molecule has 1 aromatic carbocycles. The number of hydrogen-bond acceptors (Lipinski definition) is 5. The van der Waals surface area contributed by atoms with Gasteiger partial charge in [0.1, 0.15) is 0 Å². The Morgan fingerprint density at radius 1 is 1.29 bits per heavy atom. The molecule has 0 saturated heterocycles. The van der Waals surface area contributed by atoms with Gasteiger partial charge in [-0.1, -0.05) is 29.3 Å². The summed E-state index contributed by atoms with van der Waals surface area (Å²) in [7, 11) is 0. The number of nitrogens with zero attached hydrogens (tertiary/aromatic N) is 2. The fourth-order valence-corrected chi connectivity index (χ4v) is 3.39. The predicted octanol–water partition coefficient (Wildman–Crippen LogP) is 4.45. The molecule has 5 nitrogen and oxygen atoms in total. The summed E-state index contributed by atoms with van der Waals surface area (Å²) in [4.78, 5) is 20.1. The largest absolute Gasteiger partial charge is 0.462 e. The Hall–Kier alpha value is -1.85. The van der Waals surface area contributed by atoms with E-state index in [0.29, 0.717) is 28.2 Å². The Kier molecular flexibility index (Phi) is 4.92. The van der Waals surface area contributed by atoms with Crippen molar-refractivity contribution in [2.24, 2.45) is 0 Å². The number of carbonyl (C=O) groups excluding carboxylic acids is 1. The molecule has 24 heavy (non-hydrogen) atoms. The van der Waals surface area contributed by atoms with E-state index in [1.807, 2.05) is 12.1 Å². The molecule has 0 radical (unpaired) electrons. The fraction of sp³-hybridized carbons (Fsp3) is 0.353. The van der Waals surface area contributed by atoms with E-state index < -0.39 is 5.97 Å². The molecule has 0 spiro atoms. The lowest BCUT2D eigenvalue weighted by Crippen LogP contribution is -2.42. The van der Waals surface area contributed by atoms with E-state index in [1.54, 1.807) is 13.0 Å². The second-order valence-corrected chi connectivity index (χ2v) is 6.54. The summed E-state index contributed by atoms with van der Waals surface area (Å²) in [6.07, 6.45) is 5.87. The van der Waals surface area contributed by atoms with E-state index in [1.165, 1.54) is 12.4 Å². The van der Waals surface area contributed by atoms with Crippen LogP contribution in [0, 0.1) is 0 Å². The van der Waals surface area contributed by atoms with Gasteiger partial charge >= 0.3 is 5.97 Å². The number of benzene rings is 1. The van der Waals surface area contributed by atoms with Crippen molar-refractivity contribution in [3.05, 3.63) is 51.8 Å². The maximum atomic E-state index is 11.7. The van der Waals surface area contributed by atoms with Crippen molar-refractivity contribution in [3.63, 3.8) is 0 Å². The van der Waals surface area contributed by atoms with Crippen LogP contribution in [0.4, 0.5) is 5.95 Å². The Morgan fingerprint density at radius 3 is 2.54 bits per heavy atom. The molecule has 1 aliphatic carbocycles. The van der Waals surface area contributed by atoms with Gasteiger partial charge in [-0.3, -0.25) is 0 Å². The van der Waals surface area contributed by atoms with Crippen LogP contribution < -0.4 is 5.32 Å². The van der Waals surface area contributed by atoms with Crippen LogP contribution in [0.25, 0.3) is 0 Å². The predicted molar refractivity (Wildman–Crippen MR) is 93.6 cm³/mol. The lowest BCUT2D eigenvalue weighted by molar-refractivity contribution is 0.0525. The van der Waals surface area contributed by atoms with E-state index >= 15 is 0 Å². The first-order chi connectivity index (χ1) is 11.5.